The van der Waals surface area contributed by atoms with E-state index < -0.39 is 0 Å². The van der Waals surface area contributed by atoms with Gasteiger partial charge in [0.25, 0.3) is 0 Å². The lowest BCUT2D eigenvalue weighted by Gasteiger charge is -2.34. The van der Waals surface area contributed by atoms with Crippen LogP contribution in [0.3, 0.4) is 0 Å². The summed E-state index contributed by atoms with van der Waals surface area (Å²) in [6.45, 7) is 3.84. The summed E-state index contributed by atoms with van der Waals surface area (Å²) in [6.07, 6.45) is 2.96. The third-order valence-corrected chi connectivity index (χ3v) is 5.66. The zero-order valence-corrected chi connectivity index (χ0v) is 16.4. The number of likely N-dealkylation sites (tertiary alicyclic amines) is 2. The lowest BCUT2D eigenvalue weighted by molar-refractivity contribution is -0.133. The van der Waals surface area contributed by atoms with Gasteiger partial charge in [-0.1, -0.05) is 12.1 Å². The van der Waals surface area contributed by atoms with Gasteiger partial charge in [-0.15, -0.1) is 0 Å². The summed E-state index contributed by atoms with van der Waals surface area (Å²) in [6, 6.07) is 7.66. The summed E-state index contributed by atoms with van der Waals surface area (Å²) in [7, 11) is 3.32. The molecule has 0 aliphatic carbocycles. The van der Waals surface area contributed by atoms with Crippen LogP contribution in [0.15, 0.2) is 24.3 Å². The molecular formula is C21H30N2O4. The maximum Gasteiger partial charge on any atom is 0.226 e. The van der Waals surface area contributed by atoms with Crippen LogP contribution in [-0.2, 0) is 20.7 Å². The smallest absolute Gasteiger partial charge is 0.226 e. The maximum absolute atomic E-state index is 12.6. The van der Waals surface area contributed by atoms with E-state index in [2.05, 4.69) is 0 Å². The second kappa shape index (κ2) is 9.22. The van der Waals surface area contributed by atoms with Gasteiger partial charge in [-0.3, -0.25) is 9.59 Å². The number of amides is 2. The van der Waals surface area contributed by atoms with Crippen molar-refractivity contribution in [2.24, 2.45) is 11.8 Å². The van der Waals surface area contributed by atoms with Crippen molar-refractivity contribution in [3.05, 3.63) is 29.8 Å². The molecule has 2 fully saturated rings. The minimum atomic E-state index is 0.177. The lowest BCUT2D eigenvalue weighted by Crippen LogP contribution is -2.42. The van der Waals surface area contributed by atoms with Crippen molar-refractivity contribution in [2.75, 3.05) is 47.0 Å². The van der Waals surface area contributed by atoms with Crippen LogP contribution in [0.25, 0.3) is 0 Å². The molecule has 6 nitrogen and oxygen atoms in total. The Hall–Kier alpha value is -2.08. The van der Waals surface area contributed by atoms with Crippen molar-refractivity contribution in [3.8, 4) is 5.75 Å². The highest BCUT2D eigenvalue weighted by atomic mass is 16.5. The van der Waals surface area contributed by atoms with Gasteiger partial charge in [0.05, 0.1) is 20.1 Å². The second-order valence-electron chi connectivity index (χ2n) is 7.67. The van der Waals surface area contributed by atoms with Crippen LogP contribution >= 0.6 is 0 Å². The topological polar surface area (TPSA) is 59.1 Å². The summed E-state index contributed by atoms with van der Waals surface area (Å²) in [5.74, 6) is 2.04. The van der Waals surface area contributed by atoms with Crippen molar-refractivity contribution in [1.29, 1.82) is 0 Å². The molecule has 1 aromatic carbocycles. The fourth-order valence-electron chi connectivity index (χ4n) is 4.08. The van der Waals surface area contributed by atoms with E-state index in [9.17, 15) is 9.59 Å². The van der Waals surface area contributed by atoms with Crippen LogP contribution in [0.2, 0.25) is 0 Å². The third-order valence-electron chi connectivity index (χ3n) is 5.66. The highest BCUT2D eigenvalue weighted by Gasteiger charge is 2.32. The summed E-state index contributed by atoms with van der Waals surface area (Å²) in [5, 5.41) is 0. The monoisotopic (exact) mass is 374 g/mol. The Labute approximate surface area is 161 Å². The molecule has 0 spiro atoms. The number of benzene rings is 1. The molecule has 2 aliphatic heterocycles. The number of ether oxygens (including phenoxy) is 2. The Morgan fingerprint density at radius 2 is 1.81 bits per heavy atom. The minimum Gasteiger partial charge on any atom is -0.497 e. The molecule has 2 saturated heterocycles. The summed E-state index contributed by atoms with van der Waals surface area (Å²) in [4.78, 5) is 28.7. The Bertz CT molecular complexity index is 638. The molecule has 148 valence electrons. The normalized spacial score (nSPS) is 21.0. The van der Waals surface area contributed by atoms with Gasteiger partial charge in [-0.25, -0.2) is 0 Å². The van der Waals surface area contributed by atoms with Gasteiger partial charge in [-0.05, 0) is 36.5 Å². The molecule has 1 aromatic rings. The predicted molar refractivity (Wildman–Crippen MR) is 103 cm³/mol. The van der Waals surface area contributed by atoms with E-state index in [1.54, 1.807) is 14.2 Å². The quantitative estimate of drug-likeness (QED) is 0.732. The third kappa shape index (κ3) is 5.22. The molecular weight excluding hydrogens is 344 g/mol. The zero-order valence-electron chi connectivity index (χ0n) is 16.4. The highest BCUT2D eigenvalue weighted by molar-refractivity contribution is 5.79. The highest BCUT2D eigenvalue weighted by Crippen LogP contribution is 2.24. The first-order chi connectivity index (χ1) is 13.1. The molecule has 1 unspecified atom stereocenters. The SMILES string of the molecule is COCC1CC(=O)N(CC2CCN(C(=O)Cc3ccc(OC)cc3)CC2)C1. The molecule has 0 bridgehead atoms. The summed E-state index contributed by atoms with van der Waals surface area (Å²) < 4.78 is 10.3. The Balaban J connectivity index is 1.43. The largest absolute Gasteiger partial charge is 0.497 e. The van der Waals surface area contributed by atoms with Gasteiger partial charge in [0, 0.05) is 45.6 Å². The number of piperidine rings is 1. The standard InChI is InChI=1S/C21H30N2O4/c1-26-15-18-12-21(25)23(14-18)13-17-7-9-22(10-8-17)20(24)11-16-3-5-19(27-2)6-4-16/h3-6,17-18H,7-15H2,1-2H3. The number of rotatable bonds is 7. The molecule has 2 heterocycles. The molecule has 0 radical (unpaired) electrons. The second-order valence-corrected chi connectivity index (χ2v) is 7.67. The van der Waals surface area contributed by atoms with Crippen molar-refractivity contribution < 1.29 is 19.1 Å². The van der Waals surface area contributed by atoms with Crippen LogP contribution < -0.4 is 4.74 Å². The first-order valence-corrected chi connectivity index (χ1v) is 9.76. The maximum atomic E-state index is 12.6. The molecule has 0 aromatic heterocycles. The van der Waals surface area contributed by atoms with Gasteiger partial charge in [-0.2, -0.15) is 0 Å². The molecule has 3 rings (SSSR count). The van der Waals surface area contributed by atoms with Crippen LogP contribution in [0.5, 0.6) is 5.75 Å². The first kappa shape index (κ1) is 19.7. The number of methoxy groups -OCH3 is 2. The number of nitrogens with zero attached hydrogens (tertiary/aromatic N) is 2. The van der Waals surface area contributed by atoms with E-state index in [0.29, 0.717) is 31.3 Å². The summed E-state index contributed by atoms with van der Waals surface area (Å²) in [5.41, 5.74) is 1.01. The zero-order chi connectivity index (χ0) is 19.2. The van der Waals surface area contributed by atoms with Gasteiger partial charge in [0.2, 0.25) is 11.8 Å². The van der Waals surface area contributed by atoms with Crippen molar-refractivity contribution >= 4 is 11.8 Å². The van der Waals surface area contributed by atoms with Crippen LogP contribution in [0, 0.1) is 11.8 Å². The number of carbonyl (C=O) groups excluding carboxylic acids is 2. The van der Waals surface area contributed by atoms with Crippen LogP contribution in [0.4, 0.5) is 0 Å². The summed E-state index contributed by atoms with van der Waals surface area (Å²) >= 11 is 0. The Kier molecular flexibility index (Phi) is 6.72. The molecule has 27 heavy (non-hydrogen) atoms. The Morgan fingerprint density at radius 3 is 2.44 bits per heavy atom. The number of hydrogen-bond donors (Lipinski definition) is 0. The average Bonchev–Trinajstić information content (AvgIpc) is 3.02. The van der Waals surface area contributed by atoms with E-state index in [4.69, 9.17) is 9.47 Å². The van der Waals surface area contributed by atoms with Gasteiger partial charge in [0.15, 0.2) is 0 Å². The van der Waals surface area contributed by atoms with E-state index in [-0.39, 0.29) is 11.8 Å². The molecule has 2 aliphatic rings. The van der Waals surface area contributed by atoms with Crippen molar-refractivity contribution in [1.82, 2.24) is 9.80 Å². The lowest BCUT2D eigenvalue weighted by atomic mass is 9.95. The fraction of sp³-hybridized carbons (Fsp3) is 0.619. The van der Waals surface area contributed by atoms with E-state index in [1.165, 1.54) is 0 Å². The average molecular weight is 374 g/mol. The molecule has 6 heteroatoms. The number of carbonyl (C=O) groups is 2. The molecule has 0 N–H and O–H groups in total. The van der Waals surface area contributed by atoms with Gasteiger partial charge < -0.3 is 19.3 Å². The predicted octanol–water partition coefficient (Wildman–Crippen LogP) is 1.97. The fourth-order valence-corrected chi connectivity index (χ4v) is 4.08. The molecule has 0 saturated carbocycles. The van der Waals surface area contributed by atoms with Gasteiger partial charge in [0.1, 0.15) is 5.75 Å². The molecule has 2 amide bonds. The Morgan fingerprint density at radius 1 is 1.11 bits per heavy atom. The van der Waals surface area contributed by atoms with Crippen molar-refractivity contribution in [2.45, 2.75) is 25.7 Å². The van der Waals surface area contributed by atoms with Gasteiger partial charge >= 0.3 is 0 Å². The van der Waals surface area contributed by atoms with Crippen LogP contribution in [-0.4, -0.2) is 68.6 Å². The van der Waals surface area contributed by atoms with Crippen LogP contribution in [0.1, 0.15) is 24.8 Å². The van der Waals surface area contributed by atoms with E-state index >= 15 is 0 Å². The minimum absolute atomic E-state index is 0.177. The van der Waals surface area contributed by atoms with E-state index in [0.717, 1.165) is 50.3 Å². The van der Waals surface area contributed by atoms with E-state index in [1.807, 2.05) is 34.1 Å². The number of hydrogen-bond acceptors (Lipinski definition) is 4. The first-order valence-electron chi connectivity index (χ1n) is 9.76. The van der Waals surface area contributed by atoms with Crippen molar-refractivity contribution in [3.63, 3.8) is 0 Å². The molecule has 1 atom stereocenters.